The van der Waals surface area contributed by atoms with Crippen LogP contribution in [0.1, 0.15) is 11.4 Å². The summed E-state index contributed by atoms with van der Waals surface area (Å²) in [5, 5.41) is 10.2. The fourth-order valence-electron chi connectivity index (χ4n) is 2.55. The van der Waals surface area contributed by atoms with Crippen LogP contribution in [0.3, 0.4) is 0 Å². The largest absolute Gasteiger partial charge is 0.504 e. The molecular formula is C19H18N2O5. The third-order valence-corrected chi connectivity index (χ3v) is 3.87. The van der Waals surface area contributed by atoms with Gasteiger partial charge in [-0.1, -0.05) is 12.1 Å². The van der Waals surface area contributed by atoms with Crippen molar-refractivity contribution in [2.24, 2.45) is 0 Å². The number of methoxy groups -OCH3 is 3. The molecular weight excluding hydrogens is 336 g/mol. The van der Waals surface area contributed by atoms with Crippen LogP contribution >= 0.6 is 0 Å². The van der Waals surface area contributed by atoms with Gasteiger partial charge in [-0.25, -0.2) is 4.98 Å². The summed E-state index contributed by atoms with van der Waals surface area (Å²) in [5.41, 5.74) is 0.940. The number of nitrogens with one attached hydrogen (secondary N) is 1. The minimum absolute atomic E-state index is 0.0337. The van der Waals surface area contributed by atoms with Gasteiger partial charge in [-0.15, -0.1) is 0 Å². The van der Waals surface area contributed by atoms with Gasteiger partial charge in [-0.2, -0.15) is 0 Å². The lowest BCUT2D eigenvalue weighted by atomic mass is 10.2. The molecule has 134 valence electrons. The van der Waals surface area contributed by atoms with E-state index in [1.165, 1.54) is 21.3 Å². The molecule has 0 aliphatic carbocycles. The number of H-pyrrole nitrogens is 1. The van der Waals surface area contributed by atoms with Crippen LogP contribution in [0.5, 0.6) is 23.0 Å². The molecule has 3 rings (SSSR count). The normalized spacial score (nSPS) is 11.0. The van der Waals surface area contributed by atoms with Crippen molar-refractivity contribution in [3.8, 4) is 23.0 Å². The summed E-state index contributed by atoms with van der Waals surface area (Å²) in [6, 6.07) is 8.24. The summed E-state index contributed by atoms with van der Waals surface area (Å²) in [6.45, 7) is 0. The van der Waals surface area contributed by atoms with E-state index >= 15 is 0 Å². The van der Waals surface area contributed by atoms with Gasteiger partial charge in [0.1, 0.15) is 5.82 Å². The second-order valence-electron chi connectivity index (χ2n) is 5.44. The molecule has 2 aromatic carbocycles. The Morgan fingerprint density at radius 2 is 1.65 bits per heavy atom. The van der Waals surface area contributed by atoms with E-state index in [-0.39, 0.29) is 11.3 Å². The van der Waals surface area contributed by atoms with E-state index in [0.29, 0.717) is 34.0 Å². The lowest BCUT2D eigenvalue weighted by Gasteiger charge is -2.08. The number of benzene rings is 2. The standard InChI is InChI=1S/C19H18N2O5/c1-24-15-6-4-11(8-14(15)22)5-7-18-20-13-10-17(26-3)16(25-2)9-12(13)19(23)21-18/h4-10,22H,1-3H3,(H,20,21,23)/b7-5+. The summed E-state index contributed by atoms with van der Waals surface area (Å²) in [4.78, 5) is 19.5. The lowest BCUT2D eigenvalue weighted by molar-refractivity contribution is 0.355. The molecule has 7 nitrogen and oxygen atoms in total. The molecule has 0 bridgehead atoms. The van der Waals surface area contributed by atoms with Crippen molar-refractivity contribution < 1.29 is 19.3 Å². The van der Waals surface area contributed by atoms with Gasteiger partial charge >= 0.3 is 0 Å². The van der Waals surface area contributed by atoms with Crippen molar-refractivity contribution >= 4 is 23.1 Å². The number of fused-ring (bicyclic) bond motifs is 1. The number of hydrogen-bond donors (Lipinski definition) is 2. The molecule has 3 aromatic rings. The van der Waals surface area contributed by atoms with E-state index in [9.17, 15) is 9.90 Å². The predicted molar refractivity (Wildman–Crippen MR) is 99.1 cm³/mol. The molecule has 2 N–H and O–H groups in total. The quantitative estimate of drug-likeness (QED) is 0.732. The van der Waals surface area contributed by atoms with E-state index in [0.717, 1.165) is 5.56 Å². The van der Waals surface area contributed by atoms with Gasteiger partial charge in [0, 0.05) is 6.07 Å². The van der Waals surface area contributed by atoms with E-state index in [4.69, 9.17) is 14.2 Å². The van der Waals surface area contributed by atoms with Crippen LogP contribution in [0.4, 0.5) is 0 Å². The Morgan fingerprint density at radius 1 is 0.962 bits per heavy atom. The Morgan fingerprint density at radius 3 is 2.31 bits per heavy atom. The molecule has 0 spiro atoms. The molecule has 0 saturated heterocycles. The van der Waals surface area contributed by atoms with E-state index < -0.39 is 0 Å². The summed E-state index contributed by atoms with van der Waals surface area (Å²) in [5.74, 6) is 1.76. The first-order chi connectivity index (χ1) is 12.5. The van der Waals surface area contributed by atoms with Gasteiger partial charge in [-0.3, -0.25) is 4.79 Å². The highest BCUT2D eigenvalue weighted by molar-refractivity contribution is 5.83. The minimum Gasteiger partial charge on any atom is -0.504 e. The molecule has 0 radical (unpaired) electrons. The van der Waals surface area contributed by atoms with Crippen LogP contribution < -0.4 is 19.8 Å². The number of nitrogens with zero attached hydrogens (tertiary/aromatic N) is 1. The highest BCUT2D eigenvalue weighted by Gasteiger charge is 2.10. The monoisotopic (exact) mass is 354 g/mol. The number of phenols is 1. The zero-order valence-corrected chi connectivity index (χ0v) is 14.6. The number of phenolic OH excluding ortho intramolecular Hbond substituents is 1. The predicted octanol–water partition coefficient (Wildman–Crippen LogP) is 2.82. The van der Waals surface area contributed by atoms with E-state index in [1.807, 2.05) is 0 Å². The van der Waals surface area contributed by atoms with Gasteiger partial charge in [0.05, 0.1) is 32.2 Å². The Labute approximate surface area is 149 Å². The molecule has 0 aliphatic rings. The van der Waals surface area contributed by atoms with Gasteiger partial charge in [0.2, 0.25) is 0 Å². The third kappa shape index (κ3) is 3.32. The minimum atomic E-state index is -0.284. The Bertz CT molecular complexity index is 1040. The van der Waals surface area contributed by atoms with Crippen molar-refractivity contribution in [2.75, 3.05) is 21.3 Å². The maximum absolute atomic E-state index is 12.3. The van der Waals surface area contributed by atoms with Crippen molar-refractivity contribution in [2.45, 2.75) is 0 Å². The van der Waals surface area contributed by atoms with Gasteiger partial charge in [0.25, 0.3) is 5.56 Å². The van der Waals surface area contributed by atoms with Crippen LogP contribution in [0.25, 0.3) is 23.1 Å². The van der Waals surface area contributed by atoms with Crippen LogP contribution in [-0.4, -0.2) is 36.4 Å². The number of aromatic nitrogens is 2. The zero-order chi connectivity index (χ0) is 18.7. The van der Waals surface area contributed by atoms with E-state index in [2.05, 4.69) is 9.97 Å². The van der Waals surface area contributed by atoms with Gasteiger partial charge in [-0.05, 0) is 29.8 Å². The average molecular weight is 354 g/mol. The zero-order valence-electron chi connectivity index (χ0n) is 14.6. The number of rotatable bonds is 5. The summed E-state index contributed by atoms with van der Waals surface area (Å²) in [6.07, 6.45) is 3.38. The van der Waals surface area contributed by atoms with E-state index in [1.54, 1.807) is 42.5 Å². The first kappa shape index (κ1) is 17.3. The molecule has 0 saturated carbocycles. The van der Waals surface area contributed by atoms with Crippen LogP contribution in [-0.2, 0) is 0 Å². The molecule has 0 unspecified atom stereocenters. The molecule has 0 amide bonds. The number of aromatic hydroxyl groups is 1. The summed E-state index contributed by atoms with van der Waals surface area (Å²) in [7, 11) is 4.51. The SMILES string of the molecule is COc1ccc(/C=C/c2nc3cc(OC)c(OC)cc3c(=O)[nH]2)cc1O. The van der Waals surface area contributed by atoms with Gasteiger partial charge in [0.15, 0.2) is 23.0 Å². The average Bonchev–Trinajstić information content (AvgIpc) is 2.65. The molecule has 1 aromatic heterocycles. The molecule has 0 aliphatic heterocycles. The topological polar surface area (TPSA) is 93.7 Å². The van der Waals surface area contributed by atoms with Gasteiger partial charge < -0.3 is 24.3 Å². The number of aromatic amines is 1. The second kappa shape index (κ2) is 7.18. The smallest absolute Gasteiger partial charge is 0.259 e. The first-order valence-electron chi connectivity index (χ1n) is 7.77. The Hall–Kier alpha value is -3.48. The summed E-state index contributed by atoms with van der Waals surface area (Å²) < 4.78 is 15.5. The molecule has 0 atom stereocenters. The molecule has 7 heteroatoms. The van der Waals surface area contributed by atoms with Crippen LogP contribution in [0, 0.1) is 0 Å². The highest BCUT2D eigenvalue weighted by atomic mass is 16.5. The number of hydrogen-bond acceptors (Lipinski definition) is 6. The molecule has 26 heavy (non-hydrogen) atoms. The number of ether oxygens (including phenoxy) is 3. The van der Waals surface area contributed by atoms with Crippen molar-refractivity contribution in [3.05, 3.63) is 52.1 Å². The summed E-state index contributed by atoms with van der Waals surface area (Å²) >= 11 is 0. The molecule has 0 fully saturated rings. The van der Waals surface area contributed by atoms with Crippen LogP contribution in [0.2, 0.25) is 0 Å². The highest BCUT2D eigenvalue weighted by Crippen LogP contribution is 2.30. The maximum Gasteiger partial charge on any atom is 0.259 e. The van der Waals surface area contributed by atoms with Crippen molar-refractivity contribution in [1.82, 2.24) is 9.97 Å². The maximum atomic E-state index is 12.3. The Balaban J connectivity index is 2.00. The third-order valence-electron chi connectivity index (χ3n) is 3.87. The van der Waals surface area contributed by atoms with Crippen LogP contribution in [0.15, 0.2) is 35.1 Å². The fourth-order valence-corrected chi connectivity index (χ4v) is 2.55. The fraction of sp³-hybridized carbons (Fsp3) is 0.158. The van der Waals surface area contributed by atoms with Crippen molar-refractivity contribution in [1.29, 1.82) is 0 Å². The second-order valence-corrected chi connectivity index (χ2v) is 5.44. The lowest BCUT2D eigenvalue weighted by Crippen LogP contribution is -2.10. The van der Waals surface area contributed by atoms with Crippen molar-refractivity contribution in [3.63, 3.8) is 0 Å². The Kier molecular flexibility index (Phi) is 4.79. The molecule has 1 heterocycles. The first-order valence-corrected chi connectivity index (χ1v) is 7.77.